The summed E-state index contributed by atoms with van der Waals surface area (Å²) in [5.41, 5.74) is 3.04. The maximum Gasteiger partial charge on any atom is 0.261 e. The lowest BCUT2D eigenvalue weighted by atomic mass is 10.1. The van der Waals surface area contributed by atoms with Crippen molar-refractivity contribution in [3.05, 3.63) is 56.2 Å². The molecule has 164 valence electrons. The van der Waals surface area contributed by atoms with Crippen LogP contribution in [-0.4, -0.2) is 37.9 Å². The molecule has 32 heavy (non-hydrogen) atoms. The highest BCUT2D eigenvalue weighted by Gasteiger charge is 2.18. The number of fused-ring (bicyclic) bond motifs is 1. The van der Waals surface area contributed by atoms with Crippen molar-refractivity contribution in [3.8, 4) is 16.3 Å². The van der Waals surface area contributed by atoms with E-state index in [0.717, 1.165) is 37.1 Å². The van der Waals surface area contributed by atoms with Crippen LogP contribution in [0.25, 0.3) is 15.5 Å². The fourth-order valence-corrected chi connectivity index (χ4v) is 5.50. The van der Waals surface area contributed by atoms with Gasteiger partial charge in [-0.2, -0.15) is 9.61 Å². The number of amides is 1. The van der Waals surface area contributed by atoms with Crippen molar-refractivity contribution in [3.63, 3.8) is 0 Å². The molecule has 0 spiro atoms. The minimum atomic E-state index is -0.384. The number of aromatic nitrogens is 4. The van der Waals surface area contributed by atoms with Crippen molar-refractivity contribution in [2.45, 2.75) is 13.8 Å². The van der Waals surface area contributed by atoms with E-state index in [1.165, 1.54) is 18.4 Å². The van der Waals surface area contributed by atoms with Crippen molar-refractivity contribution >= 4 is 77.1 Å². The van der Waals surface area contributed by atoms with Crippen molar-refractivity contribution in [1.82, 2.24) is 25.1 Å². The molecule has 0 saturated heterocycles. The lowest BCUT2D eigenvalue weighted by Crippen LogP contribution is -2.34. The highest BCUT2D eigenvalue weighted by atomic mass is 79.9. The molecule has 8 nitrogen and oxygen atoms in total. The van der Waals surface area contributed by atoms with Gasteiger partial charge in [-0.05, 0) is 77.9 Å². The average Bonchev–Trinajstić information content (AvgIpc) is 3.31. The predicted octanol–water partition coefficient (Wildman–Crippen LogP) is 5.13. The molecular formula is C20H16Br2N6O2S2. The van der Waals surface area contributed by atoms with E-state index in [0.29, 0.717) is 15.8 Å². The van der Waals surface area contributed by atoms with Crippen LogP contribution in [0.1, 0.15) is 21.7 Å². The summed E-state index contributed by atoms with van der Waals surface area (Å²) < 4.78 is 8.46. The van der Waals surface area contributed by atoms with E-state index in [1.807, 2.05) is 32.0 Å². The molecule has 0 unspecified atom stereocenters. The summed E-state index contributed by atoms with van der Waals surface area (Å²) in [6.07, 6.45) is 0. The van der Waals surface area contributed by atoms with Gasteiger partial charge in [0, 0.05) is 15.7 Å². The van der Waals surface area contributed by atoms with Crippen LogP contribution in [0.4, 0.5) is 5.69 Å². The number of nitrogens with one attached hydrogen (secondary N) is 2. The Morgan fingerprint density at radius 1 is 1.19 bits per heavy atom. The van der Waals surface area contributed by atoms with Gasteiger partial charge < -0.3 is 10.1 Å². The zero-order valence-electron chi connectivity index (χ0n) is 17.1. The van der Waals surface area contributed by atoms with Crippen LogP contribution in [-0.2, 0) is 0 Å². The molecule has 0 bridgehead atoms. The molecule has 0 saturated carbocycles. The summed E-state index contributed by atoms with van der Waals surface area (Å²) in [5, 5.41) is 19.5. The molecule has 2 aromatic heterocycles. The minimum absolute atomic E-state index is 0.179. The lowest BCUT2D eigenvalue weighted by molar-refractivity contribution is 0.0974. The molecule has 12 heteroatoms. The monoisotopic (exact) mass is 594 g/mol. The van der Waals surface area contributed by atoms with E-state index in [4.69, 9.17) is 17.0 Å². The van der Waals surface area contributed by atoms with Crippen LogP contribution in [0.2, 0.25) is 0 Å². The molecule has 4 rings (SSSR count). The first kappa shape index (κ1) is 22.8. The van der Waals surface area contributed by atoms with Crippen molar-refractivity contribution in [2.24, 2.45) is 0 Å². The maximum absolute atomic E-state index is 12.8. The molecule has 0 aliphatic heterocycles. The van der Waals surface area contributed by atoms with Crippen LogP contribution >= 0.6 is 55.4 Å². The summed E-state index contributed by atoms with van der Waals surface area (Å²) in [4.78, 5) is 13.5. The van der Waals surface area contributed by atoms with E-state index in [-0.39, 0.29) is 11.0 Å². The van der Waals surface area contributed by atoms with E-state index in [1.54, 1.807) is 16.6 Å². The van der Waals surface area contributed by atoms with Gasteiger partial charge in [0.15, 0.2) is 10.9 Å². The number of hydrogen-bond donors (Lipinski definition) is 2. The fraction of sp³-hybridized carbons (Fsp3) is 0.150. The first-order valence-corrected chi connectivity index (χ1v) is 12.0. The second kappa shape index (κ2) is 9.22. The van der Waals surface area contributed by atoms with E-state index in [2.05, 4.69) is 57.8 Å². The fourth-order valence-electron chi connectivity index (χ4n) is 3.03. The molecule has 0 radical (unpaired) electrons. The predicted molar refractivity (Wildman–Crippen MR) is 136 cm³/mol. The molecule has 1 amide bonds. The molecule has 0 atom stereocenters. The normalized spacial score (nSPS) is 10.9. The SMILES string of the molecule is COc1c(Br)cc(Br)cc1C(=O)NC(=S)Nc1ccc(-c2nn3c(C)nnc3s2)cc1C. The van der Waals surface area contributed by atoms with Crippen molar-refractivity contribution < 1.29 is 9.53 Å². The third-order valence-electron chi connectivity index (χ3n) is 4.55. The Bertz CT molecular complexity index is 1370. The number of carbonyl (C=O) groups excluding carboxylic acids is 1. The van der Waals surface area contributed by atoms with E-state index in [9.17, 15) is 4.79 Å². The third kappa shape index (κ3) is 4.53. The summed E-state index contributed by atoms with van der Waals surface area (Å²) in [6, 6.07) is 9.31. The number of rotatable bonds is 4. The van der Waals surface area contributed by atoms with Gasteiger partial charge in [0.25, 0.3) is 5.91 Å². The number of hydrogen-bond acceptors (Lipinski definition) is 7. The molecule has 4 aromatic rings. The molecule has 0 fully saturated rings. The first-order valence-electron chi connectivity index (χ1n) is 9.22. The zero-order valence-corrected chi connectivity index (χ0v) is 21.9. The Morgan fingerprint density at radius 2 is 1.97 bits per heavy atom. The van der Waals surface area contributed by atoms with Gasteiger partial charge in [-0.25, -0.2) is 0 Å². The Hall–Kier alpha value is -2.41. The van der Waals surface area contributed by atoms with Crippen molar-refractivity contribution in [1.29, 1.82) is 0 Å². The number of nitrogens with zero attached hydrogens (tertiary/aromatic N) is 4. The van der Waals surface area contributed by atoms with Gasteiger partial charge in [-0.15, -0.1) is 10.2 Å². The first-order chi connectivity index (χ1) is 15.3. The van der Waals surface area contributed by atoms with Gasteiger partial charge in [-0.3, -0.25) is 10.1 Å². The van der Waals surface area contributed by atoms with Crippen LogP contribution in [0, 0.1) is 13.8 Å². The third-order valence-corrected chi connectivity index (χ3v) is 6.75. The van der Waals surface area contributed by atoms with Gasteiger partial charge in [0.2, 0.25) is 4.96 Å². The summed E-state index contributed by atoms with van der Waals surface area (Å²) in [6.45, 7) is 3.82. The zero-order chi connectivity index (χ0) is 23.0. The van der Waals surface area contributed by atoms with Gasteiger partial charge >= 0.3 is 0 Å². The average molecular weight is 596 g/mol. The van der Waals surface area contributed by atoms with Gasteiger partial charge in [0.05, 0.1) is 17.1 Å². The second-order valence-electron chi connectivity index (χ2n) is 6.76. The number of thiocarbonyl (C=S) groups is 1. The van der Waals surface area contributed by atoms with Crippen LogP contribution in [0.5, 0.6) is 5.75 Å². The summed E-state index contributed by atoms with van der Waals surface area (Å²) >= 11 is 13.6. The molecule has 2 heterocycles. The summed E-state index contributed by atoms with van der Waals surface area (Å²) in [5.74, 6) is 0.785. The molecule has 0 aliphatic carbocycles. The Kier molecular flexibility index (Phi) is 6.56. The van der Waals surface area contributed by atoms with E-state index >= 15 is 0 Å². The number of halogens is 2. The number of carbonyl (C=O) groups is 1. The number of ether oxygens (including phenoxy) is 1. The van der Waals surface area contributed by atoms with Crippen LogP contribution in [0.15, 0.2) is 39.3 Å². The lowest BCUT2D eigenvalue weighted by Gasteiger charge is -2.14. The number of methoxy groups -OCH3 is 1. The number of anilines is 1. The summed E-state index contributed by atoms with van der Waals surface area (Å²) in [7, 11) is 1.50. The smallest absolute Gasteiger partial charge is 0.261 e. The second-order valence-corrected chi connectivity index (χ2v) is 9.89. The number of benzene rings is 2. The maximum atomic E-state index is 12.8. The highest BCUT2D eigenvalue weighted by molar-refractivity contribution is 9.11. The quantitative estimate of drug-likeness (QED) is 0.316. The Labute approximate surface area is 209 Å². The van der Waals surface area contributed by atoms with Gasteiger partial charge in [-0.1, -0.05) is 27.3 Å². The topological polar surface area (TPSA) is 93.4 Å². The molecule has 0 aliphatic rings. The highest BCUT2D eigenvalue weighted by Crippen LogP contribution is 2.33. The van der Waals surface area contributed by atoms with Crippen LogP contribution < -0.4 is 15.4 Å². The number of aryl methyl sites for hydroxylation is 2. The largest absolute Gasteiger partial charge is 0.495 e. The minimum Gasteiger partial charge on any atom is -0.495 e. The molecular weight excluding hydrogens is 580 g/mol. The Balaban J connectivity index is 1.49. The van der Waals surface area contributed by atoms with Crippen molar-refractivity contribution in [2.75, 3.05) is 12.4 Å². The Morgan fingerprint density at radius 3 is 2.66 bits per heavy atom. The standard InChI is InChI=1S/C20H16Br2N6O2S2/c1-9-6-11(18-27-28-10(2)25-26-20(28)32-18)4-5-15(9)23-19(31)24-17(29)13-7-12(21)8-14(22)16(13)30-3/h4-8H,1-3H3,(H2,23,24,29,31). The van der Waals surface area contributed by atoms with Crippen LogP contribution in [0.3, 0.4) is 0 Å². The van der Waals surface area contributed by atoms with E-state index < -0.39 is 0 Å². The molecule has 2 N–H and O–H groups in total. The molecule has 2 aromatic carbocycles. The van der Waals surface area contributed by atoms with Gasteiger partial charge in [0.1, 0.15) is 10.8 Å².